The van der Waals surface area contributed by atoms with Gasteiger partial charge in [-0.05, 0) is 18.6 Å². The van der Waals surface area contributed by atoms with Gasteiger partial charge in [0.2, 0.25) is 0 Å². The van der Waals surface area contributed by atoms with E-state index in [9.17, 15) is 0 Å². The van der Waals surface area contributed by atoms with E-state index < -0.39 is 0 Å². The van der Waals surface area contributed by atoms with Crippen LogP contribution >= 0.6 is 0 Å². The van der Waals surface area contributed by atoms with Crippen LogP contribution in [0.3, 0.4) is 0 Å². The van der Waals surface area contributed by atoms with Crippen LogP contribution in [0.1, 0.15) is 43.4 Å². The third-order valence-electron chi connectivity index (χ3n) is 3.66. The molecule has 1 N–H and O–H groups in total. The number of nitriles is 1. The summed E-state index contributed by atoms with van der Waals surface area (Å²) >= 11 is 0. The summed E-state index contributed by atoms with van der Waals surface area (Å²) in [5.41, 5.74) is 0.574. The van der Waals surface area contributed by atoms with Gasteiger partial charge in [0.05, 0.1) is 12.1 Å². The summed E-state index contributed by atoms with van der Waals surface area (Å²) in [5, 5.41) is 17.0. The van der Waals surface area contributed by atoms with Crippen LogP contribution in [0.15, 0.2) is 18.3 Å². The molecule has 0 saturated carbocycles. The number of aryl methyl sites for hydroxylation is 1. The van der Waals surface area contributed by atoms with Crippen molar-refractivity contribution in [3.63, 3.8) is 0 Å². The minimum atomic E-state index is 0.223. The lowest BCUT2D eigenvalue weighted by molar-refractivity contribution is 0.439. The summed E-state index contributed by atoms with van der Waals surface area (Å²) in [6.07, 6.45) is 3.56. The number of fused-ring (bicyclic) bond motifs is 1. The molecule has 108 valence electrons. The van der Waals surface area contributed by atoms with Crippen LogP contribution < -0.4 is 5.32 Å². The van der Waals surface area contributed by atoms with E-state index in [0.717, 1.165) is 31.0 Å². The van der Waals surface area contributed by atoms with Gasteiger partial charge in [-0.15, -0.1) is 0 Å². The SMILES string of the molecule is CC(C)c1nc2n(n1)C[C@@H](Nc1ncccc1C#N)CC2. The molecule has 3 rings (SSSR count). The minimum Gasteiger partial charge on any atom is -0.364 e. The lowest BCUT2D eigenvalue weighted by atomic mass is 10.1. The number of hydrogen-bond donors (Lipinski definition) is 1. The van der Waals surface area contributed by atoms with Crippen LogP contribution in [0, 0.1) is 11.3 Å². The van der Waals surface area contributed by atoms with Crippen molar-refractivity contribution in [1.82, 2.24) is 19.7 Å². The zero-order chi connectivity index (χ0) is 14.8. The third kappa shape index (κ3) is 2.72. The molecule has 0 aromatic carbocycles. The Morgan fingerprint density at radius 3 is 3.10 bits per heavy atom. The molecule has 0 bridgehead atoms. The summed E-state index contributed by atoms with van der Waals surface area (Å²) in [6, 6.07) is 5.93. The van der Waals surface area contributed by atoms with Crippen molar-refractivity contribution in [2.45, 2.75) is 45.2 Å². The Bertz CT molecular complexity index is 682. The second-order valence-electron chi connectivity index (χ2n) is 5.61. The number of nitrogens with one attached hydrogen (secondary N) is 1. The van der Waals surface area contributed by atoms with Crippen LogP contribution in [0.2, 0.25) is 0 Å². The molecule has 1 aliphatic heterocycles. The molecule has 0 spiro atoms. The highest BCUT2D eigenvalue weighted by molar-refractivity contribution is 5.51. The zero-order valence-electron chi connectivity index (χ0n) is 12.2. The first-order chi connectivity index (χ1) is 10.2. The Morgan fingerprint density at radius 2 is 2.33 bits per heavy atom. The van der Waals surface area contributed by atoms with Gasteiger partial charge < -0.3 is 5.32 Å². The molecule has 2 aromatic rings. The van der Waals surface area contributed by atoms with Crippen molar-refractivity contribution >= 4 is 5.82 Å². The van der Waals surface area contributed by atoms with E-state index in [1.54, 1.807) is 18.3 Å². The van der Waals surface area contributed by atoms with Crippen molar-refractivity contribution in [1.29, 1.82) is 5.26 Å². The normalized spacial score (nSPS) is 17.3. The highest BCUT2D eigenvalue weighted by Crippen LogP contribution is 2.20. The van der Waals surface area contributed by atoms with Crippen molar-refractivity contribution in [3.8, 4) is 6.07 Å². The maximum Gasteiger partial charge on any atom is 0.153 e. The van der Waals surface area contributed by atoms with E-state index in [1.165, 1.54) is 0 Å². The van der Waals surface area contributed by atoms with Crippen LogP contribution in [-0.4, -0.2) is 25.8 Å². The van der Waals surface area contributed by atoms with Gasteiger partial charge in [0.15, 0.2) is 5.82 Å². The molecule has 2 aromatic heterocycles. The summed E-state index contributed by atoms with van der Waals surface area (Å²) in [7, 11) is 0. The maximum atomic E-state index is 9.11. The van der Waals surface area contributed by atoms with E-state index in [1.807, 2.05) is 4.68 Å². The van der Waals surface area contributed by atoms with Crippen molar-refractivity contribution in [2.24, 2.45) is 0 Å². The topological polar surface area (TPSA) is 79.4 Å². The Kier molecular flexibility index (Phi) is 3.57. The molecule has 0 fully saturated rings. The molecular weight excluding hydrogens is 264 g/mol. The number of nitrogens with zero attached hydrogens (tertiary/aromatic N) is 5. The predicted molar refractivity (Wildman–Crippen MR) is 78.8 cm³/mol. The Hall–Kier alpha value is -2.42. The molecule has 21 heavy (non-hydrogen) atoms. The molecule has 3 heterocycles. The highest BCUT2D eigenvalue weighted by atomic mass is 15.4. The Balaban J connectivity index is 1.76. The summed E-state index contributed by atoms with van der Waals surface area (Å²) in [4.78, 5) is 8.84. The first-order valence-electron chi connectivity index (χ1n) is 7.22. The number of hydrogen-bond acceptors (Lipinski definition) is 5. The molecule has 0 saturated heterocycles. The van der Waals surface area contributed by atoms with Gasteiger partial charge >= 0.3 is 0 Å². The second-order valence-corrected chi connectivity index (χ2v) is 5.61. The molecular formula is C15H18N6. The fourth-order valence-corrected chi connectivity index (χ4v) is 2.49. The van der Waals surface area contributed by atoms with E-state index in [0.29, 0.717) is 17.3 Å². The van der Waals surface area contributed by atoms with E-state index in [4.69, 9.17) is 5.26 Å². The molecule has 6 nitrogen and oxygen atoms in total. The van der Waals surface area contributed by atoms with Crippen molar-refractivity contribution in [2.75, 3.05) is 5.32 Å². The minimum absolute atomic E-state index is 0.223. The fraction of sp³-hybridized carbons (Fsp3) is 0.467. The maximum absolute atomic E-state index is 9.11. The number of rotatable bonds is 3. The van der Waals surface area contributed by atoms with E-state index >= 15 is 0 Å². The number of aromatic nitrogens is 4. The smallest absolute Gasteiger partial charge is 0.153 e. The van der Waals surface area contributed by atoms with Gasteiger partial charge in [-0.1, -0.05) is 13.8 Å². The summed E-state index contributed by atoms with van der Waals surface area (Å²) in [6.45, 7) is 4.96. The highest BCUT2D eigenvalue weighted by Gasteiger charge is 2.23. The average Bonchev–Trinajstić information content (AvgIpc) is 2.91. The zero-order valence-corrected chi connectivity index (χ0v) is 12.2. The first kappa shape index (κ1) is 13.6. The van der Waals surface area contributed by atoms with Crippen LogP contribution in [0.5, 0.6) is 0 Å². The number of anilines is 1. The average molecular weight is 282 g/mol. The quantitative estimate of drug-likeness (QED) is 0.932. The van der Waals surface area contributed by atoms with Crippen LogP contribution in [0.25, 0.3) is 0 Å². The van der Waals surface area contributed by atoms with Gasteiger partial charge in [-0.3, -0.25) is 0 Å². The van der Waals surface area contributed by atoms with Gasteiger partial charge in [0.25, 0.3) is 0 Å². The third-order valence-corrected chi connectivity index (χ3v) is 3.66. The van der Waals surface area contributed by atoms with E-state index in [2.05, 4.69) is 40.3 Å². The van der Waals surface area contributed by atoms with Crippen LogP contribution in [0.4, 0.5) is 5.82 Å². The van der Waals surface area contributed by atoms with Gasteiger partial charge in [-0.2, -0.15) is 10.4 Å². The standard InChI is InChI=1S/C15H18N6/c1-10(2)14-19-13-6-5-12(9-21(13)20-14)18-15-11(8-16)4-3-7-17-15/h3-4,7,10,12H,5-6,9H2,1-2H3,(H,17,18)/t12-/m0/s1. The predicted octanol–water partition coefficient (Wildman–Crippen LogP) is 2.10. The van der Waals surface area contributed by atoms with Gasteiger partial charge in [0.1, 0.15) is 17.7 Å². The van der Waals surface area contributed by atoms with Crippen LogP contribution in [-0.2, 0) is 13.0 Å². The summed E-state index contributed by atoms with van der Waals surface area (Å²) < 4.78 is 1.98. The van der Waals surface area contributed by atoms with Gasteiger partial charge in [-0.25, -0.2) is 14.6 Å². The summed E-state index contributed by atoms with van der Waals surface area (Å²) in [5.74, 6) is 2.95. The molecule has 1 atom stereocenters. The molecule has 0 radical (unpaired) electrons. The molecule has 6 heteroatoms. The molecule has 1 aliphatic rings. The molecule has 0 amide bonds. The lowest BCUT2D eigenvalue weighted by Gasteiger charge is -2.24. The van der Waals surface area contributed by atoms with Crippen molar-refractivity contribution < 1.29 is 0 Å². The monoisotopic (exact) mass is 282 g/mol. The second kappa shape index (κ2) is 5.52. The first-order valence-corrected chi connectivity index (χ1v) is 7.22. The molecule has 0 aliphatic carbocycles. The van der Waals surface area contributed by atoms with Crippen molar-refractivity contribution in [3.05, 3.63) is 35.5 Å². The molecule has 0 unspecified atom stereocenters. The Morgan fingerprint density at radius 1 is 1.48 bits per heavy atom. The van der Waals surface area contributed by atoms with E-state index in [-0.39, 0.29) is 6.04 Å². The fourth-order valence-electron chi connectivity index (χ4n) is 2.49. The Labute approximate surface area is 123 Å². The largest absolute Gasteiger partial charge is 0.364 e. The number of pyridine rings is 1. The van der Waals surface area contributed by atoms with Gasteiger partial charge in [0, 0.05) is 24.6 Å². The lowest BCUT2D eigenvalue weighted by Crippen LogP contribution is -2.32.